The molecular formula is C13H18F2N2O2S. The molecule has 0 saturated carbocycles. The highest BCUT2D eigenvalue weighted by molar-refractivity contribution is 7.99. The minimum Gasteiger partial charge on any atom is -0.393 e. The fraction of sp³-hybridized carbons (Fsp3) is 0.538. The maximum atomic E-state index is 12.4. The van der Waals surface area contributed by atoms with E-state index in [4.69, 9.17) is 0 Å². The van der Waals surface area contributed by atoms with Gasteiger partial charge in [0.1, 0.15) is 5.03 Å². The molecule has 20 heavy (non-hydrogen) atoms. The number of aliphatic hydroxyl groups excluding tert-OH is 1. The molecule has 2 atom stereocenters. The van der Waals surface area contributed by atoms with Crippen molar-refractivity contribution >= 4 is 17.7 Å². The maximum Gasteiger partial charge on any atom is 0.290 e. The number of nitrogens with zero attached hydrogens (tertiary/aromatic N) is 1. The molecule has 0 spiro atoms. The Bertz CT molecular complexity index is 444. The van der Waals surface area contributed by atoms with Crippen LogP contribution in [0.15, 0.2) is 23.4 Å². The van der Waals surface area contributed by atoms with Crippen LogP contribution in [-0.4, -0.2) is 34.4 Å². The van der Waals surface area contributed by atoms with Crippen LogP contribution >= 0.6 is 11.8 Å². The average Bonchev–Trinajstić information content (AvgIpc) is 2.35. The van der Waals surface area contributed by atoms with Crippen molar-refractivity contribution in [2.75, 3.05) is 6.54 Å². The monoisotopic (exact) mass is 304 g/mol. The summed E-state index contributed by atoms with van der Waals surface area (Å²) >= 11 is 0.253. The van der Waals surface area contributed by atoms with Crippen LogP contribution < -0.4 is 5.32 Å². The highest BCUT2D eigenvalue weighted by atomic mass is 32.2. The van der Waals surface area contributed by atoms with Gasteiger partial charge in [-0.25, -0.2) is 4.98 Å². The van der Waals surface area contributed by atoms with Crippen LogP contribution in [0.2, 0.25) is 0 Å². The summed E-state index contributed by atoms with van der Waals surface area (Å²) in [5, 5.41) is 11.9. The van der Waals surface area contributed by atoms with Crippen molar-refractivity contribution in [2.24, 2.45) is 5.92 Å². The first-order valence-corrected chi connectivity index (χ1v) is 7.14. The van der Waals surface area contributed by atoms with Crippen molar-refractivity contribution in [3.05, 3.63) is 23.9 Å². The highest BCUT2D eigenvalue weighted by Crippen LogP contribution is 2.26. The minimum atomic E-state index is -2.62. The van der Waals surface area contributed by atoms with Crippen LogP contribution in [-0.2, 0) is 0 Å². The number of aromatic nitrogens is 1. The van der Waals surface area contributed by atoms with Crippen molar-refractivity contribution in [3.63, 3.8) is 0 Å². The van der Waals surface area contributed by atoms with Gasteiger partial charge in [0.25, 0.3) is 11.7 Å². The second-order valence-corrected chi connectivity index (χ2v) is 5.61. The van der Waals surface area contributed by atoms with E-state index in [-0.39, 0.29) is 28.3 Å². The van der Waals surface area contributed by atoms with E-state index in [2.05, 4.69) is 10.3 Å². The van der Waals surface area contributed by atoms with Gasteiger partial charge in [-0.05, 0) is 43.2 Å². The number of hydrogen-bond donors (Lipinski definition) is 2. The molecule has 0 saturated heterocycles. The molecule has 1 heterocycles. The summed E-state index contributed by atoms with van der Waals surface area (Å²) in [5.41, 5.74) is 0.141. The molecule has 112 valence electrons. The van der Waals surface area contributed by atoms with Gasteiger partial charge in [0.05, 0.1) is 11.7 Å². The number of carbonyl (C=O) groups is 1. The molecule has 1 amide bonds. The minimum absolute atomic E-state index is 0.0168. The lowest BCUT2D eigenvalue weighted by Gasteiger charge is -2.15. The van der Waals surface area contributed by atoms with Crippen LogP contribution in [0.1, 0.15) is 30.6 Å². The van der Waals surface area contributed by atoms with Crippen molar-refractivity contribution < 1.29 is 18.7 Å². The molecule has 0 radical (unpaired) electrons. The lowest BCUT2D eigenvalue weighted by molar-refractivity contribution is 0.0935. The molecule has 0 fully saturated rings. The van der Waals surface area contributed by atoms with Gasteiger partial charge in [0.15, 0.2) is 0 Å². The summed E-state index contributed by atoms with van der Waals surface area (Å²) in [5.74, 6) is -2.95. The van der Waals surface area contributed by atoms with Crippen LogP contribution in [0, 0.1) is 5.92 Å². The third-order valence-corrected chi connectivity index (χ3v) is 3.30. The zero-order valence-electron chi connectivity index (χ0n) is 11.3. The largest absolute Gasteiger partial charge is 0.393 e. The molecule has 0 aliphatic heterocycles. The van der Waals surface area contributed by atoms with E-state index < -0.39 is 17.8 Å². The third-order valence-electron chi connectivity index (χ3n) is 2.57. The topological polar surface area (TPSA) is 62.2 Å². The van der Waals surface area contributed by atoms with E-state index in [1.807, 2.05) is 6.92 Å². The number of carbonyl (C=O) groups excluding carboxylic acids is 1. The lowest BCUT2D eigenvalue weighted by atomic mass is 10.0. The molecule has 2 unspecified atom stereocenters. The average molecular weight is 304 g/mol. The Morgan fingerprint density at radius 2 is 2.20 bits per heavy atom. The van der Waals surface area contributed by atoms with Crippen molar-refractivity contribution in [2.45, 2.75) is 37.2 Å². The van der Waals surface area contributed by atoms with E-state index in [0.717, 1.165) is 0 Å². The number of thioether (sulfide) groups is 1. The van der Waals surface area contributed by atoms with Gasteiger partial charge in [-0.1, -0.05) is 6.92 Å². The van der Waals surface area contributed by atoms with Crippen molar-refractivity contribution in [1.29, 1.82) is 0 Å². The number of halogens is 2. The van der Waals surface area contributed by atoms with Gasteiger partial charge in [-0.2, -0.15) is 8.78 Å². The zero-order valence-corrected chi connectivity index (χ0v) is 12.2. The number of alkyl halides is 2. The smallest absolute Gasteiger partial charge is 0.290 e. The van der Waals surface area contributed by atoms with Crippen molar-refractivity contribution in [3.8, 4) is 0 Å². The first-order chi connectivity index (χ1) is 9.40. The number of hydrogen-bond acceptors (Lipinski definition) is 4. The van der Waals surface area contributed by atoms with Crippen LogP contribution in [0.4, 0.5) is 8.78 Å². The molecule has 1 rings (SSSR count). The van der Waals surface area contributed by atoms with E-state index in [1.54, 1.807) is 6.92 Å². The van der Waals surface area contributed by atoms with Gasteiger partial charge in [-0.15, -0.1) is 0 Å². The molecule has 7 heteroatoms. The molecule has 0 bridgehead atoms. The normalized spacial score (nSPS) is 14.1. The first-order valence-electron chi connectivity index (χ1n) is 6.26. The summed E-state index contributed by atoms with van der Waals surface area (Å²) in [4.78, 5) is 15.8. The predicted octanol–water partition coefficient (Wildman–Crippen LogP) is 2.53. The van der Waals surface area contributed by atoms with Crippen LogP contribution in [0.25, 0.3) is 0 Å². The molecule has 2 N–H and O–H groups in total. The molecule has 0 aliphatic rings. The van der Waals surface area contributed by atoms with E-state index in [9.17, 15) is 18.7 Å². The summed E-state index contributed by atoms with van der Waals surface area (Å²) in [6.45, 7) is 3.94. The maximum absolute atomic E-state index is 12.4. The predicted molar refractivity (Wildman–Crippen MR) is 73.9 cm³/mol. The SMILES string of the molecule is CC(O)CC(C)CNC(=O)c1cccnc1SC(F)F. The molecule has 4 nitrogen and oxygen atoms in total. The fourth-order valence-corrected chi connectivity index (χ4v) is 2.35. The number of pyridine rings is 1. The Kier molecular flexibility index (Phi) is 6.87. The van der Waals surface area contributed by atoms with Gasteiger partial charge in [0.2, 0.25) is 0 Å². The highest BCUT2D eigenvalue weighted by Gasteiger charge is 2.17. The summed E-state index contributed by atoms with van der Waals surface area (Å²) in [6.07, 6.45) is 1.49. The van der Waals surface area contributed by atoms with E-state index in [0.29, 0.717) is 13.0 Å². The summed E-state index contributed by atoms with van der Waals surface area (Å²) < 4.78 is 24.8. The quantitative estimate of drug-likeness (QED) is 0.760. The van der Waals surface area contributed by atoms with Gasteiger partial charge in [-0.3, -0.25) is 4.79 Å². The standard InChI is InChI=1S/C13H18F2N2O2S/c1-8(6-9(2)18)7-17-11(19)10-4-3-5-16-12(10)20-13(14)15/h3-5,8-9,13,18H,6-7H2,1-2H3,(H,17,19). The summed E-state index contributed by atoms with van der Waals surface area (Å²) in [7, 11) is 0. The molecular weight excluding hydrogens is 286 g/mol. The van der Waals surface area contributed by atoms with Gasteiger partial charge >= 0.3 is 0 Å². The Morgan fingerprint density at radius 3 is 2.80 bits per heavy atom. The van der Waals surface area contributed by atoms with E-state index in [1.165, 1.54) is 18.3 Å². The Morgan fingerprint density at radius 1 is 1.50 bits per heavy atom. The van der Waals surface area contributed by atoms with Gasteiger partial charge in [0, 0.05) is 12.7 Å². The fourth-order valence-electron chi connectivity index (χ4n) is 1.77. The molecule has 1 aromatic heterocycles. The Hall–Kier alpha value is -1.21. The number of aliphatic hydroxyl groups is 1. The second kappa shape index (κ2) is 8.16. The van der Waals surface area contributed by atoms with Gasteiger partial charge < -0.3 is 10.4 Å². The molecule has 0 aliphatic carbocycles. The Labute approximate surface area is 121 Å². The third kappa shape index (κ3) is 5.83. The van der Waals surface area contributed by atoms with E-state index >= 15 is 0 Å². The van der Waals surface area contributed by atoms with Crippen LogP contribution in [0.5, 0.6) is 0 Å². The Balaban J connectivity index is 2.63. The number of rotatable bonds is 7. The molecule has 0 aromatic carbocycles. The van der Waals surface area contributed by atoms with Crippen molar-refractivity contribution in [1.82, 2.24) is 10.3 Å². The first kappa shape index (κ1) is 16.8. The number of amides is 1. The lowest BCUT2D eigenvalue weighted by Crippen LogP contribution is -2.30. The zero-order chi connectivity index (χ0) is 15.1. The molecule has 1 aromatic rings. The van der Waals surface area contributed by atoms with Crippen LogP contribution in [0.3, 0.4) is 0 Å². The summed E-state index contributed by atoms with van der Waals surface area (Å²) in [6, 6.07) is 3.00. The number of nitrogens with one attached hydrogen (secondary N) is 1. The second-order valence-electron chi connectivity index (χ2n) is 4.63.